The predicted molar refractivity (Wildman–Crippen MR) is 96.1 cm³/mol. The highest BCUT2D eigenvalue weighted by Crippen LogP contribution is 2.22. The van der Waals surface area contributed by atoms with Gasteiger partial charge in [0.25, 0.3) is 0 Å². The predicted octanol–water partition coefficient (Wildman–Crippen LogP) is 3.22. The molecule has 25 heavy (non-hydrogen) atoms. The van der Waals surface area contributed by atoms with Crippen molar-refractivity contribution >= 4 is 11.6 Å². The van der Waals surface area contributed by atoms with Gasteiger partial charge in [-0.3, -0.25) is 9.69 Å². The van der Waals surface area contributed by atoms with Gasteiger partial charge in [-0.05, 0) is 31.5 Å². The minimum atomic E-state index is -0.148. The number of nitrogens with zero attached hydrogens (tertiary/aromatic N) is 3. The second kappa shape index (κ2) is 7.35. The molecule has 6 heteroatoms. The number of hydrogen-bond donors (Lipinski definition) is 1. The molecule has 0 aliphatic carbocycles. The number of carbonyl (C=O) groups excluding carboxylic acids is 1. The summed E-state index contributed by atoms with van der Waals surface area (Å²) in [6.07, 6.45) is 1.91. The summed E-state index contributed by atoms with van der Waals surface area (Å²) in [4.78, 5) is 19.2. The van der Waals surface area contributed by atoms with E-state index >= 15 is 0 Å². The highest BCUT2D eigenvalue weighted by atomic mass is 16.5. The number of hydrogen-bond acceptors (Lipinski definition) is 5. The monoisotopic (exact) mass is 342 g/mol. The highest BCUT2D eigenvalue weighted by Gasteiger charge is 2.28. The average molecular weight is 342 g/mol. The van der Waals surface area contributed by atoms with Gasteiger partial charge in [-0.25, -0.2) is 0 Å². The lowest BCUT2D eigenvalue weighted by atomic mass is 9.96. The number of likely N-dealkylation sites (tertiary alicyclic amines) is 1. The number of benzene rings is 1. The molecule has 3 rings (SSSR count). The summed E-state index contributed by atoms with van der Waals surface area (Å²) in [6.45, 7) is 8.45. The minimum Gasteiger partial charge on any atom is -0.339 e. The van der Waals surface area contributed by atoms with Gasteiger partial charge in [-0.1, -0.05) is 44.1 Å². The summed E-state index contributed by atoms with van der Waals surface area (Å²) in [7, 11) is 0. The van der Waals surface area contributed by atoms with Crippen molar-refractivity contribution < 1.29 is 9.32 Å². The van der Waals surface area contributed by atoms with Crippen LogP contribution in [0, 0.1) is 5.92 Å². The highest BCUT2D eigenvalue weighted by molar-refractivity contribution is 5.92. The zero-order valence-electron chi connectivity index (χ0n) is 15.2. The van der Waals surface area contributed by atoms with Crippen molar-refractivity contribution in [2.24, 2.45) is 5.92 Å². The van der Waals surface area contributed by atoms with E-state index in [1.165, 1.54) is 0 Å². The largest absolute Gasteiger partial charge is 0.339 e. The molecule has 1 aromatic heterocycles. The quantitative estimate of drug-likeness (QED) is 0.924. The molecule has 1 saturated heterocycles. The molecule has 1 unspecified atom stereocenters. The number of piperidine rings is 1. The molecule has 6 nitrogen and oxygen atoms in total. The van der Waals surface area contributed by atoms with E-state index in [0.717, 1.165) is 31.6 Å². The molecule has 1 N–H and O–H groups in total. The first-order chi connectivity index (χ1) is 11.9. The van der Waals surface area contributed by atoms with Crippen LogP contribution in [0.5, 0.6) is 0 Å². The number of amides is 1. The zero-order chi connectivity index (χ0) is 17.9. The van der Waals surface area contributed by atoms with Crippen LogP contribution in [0.1, 0.15) is 45.3 Å². The molecular formula is C19H26N4O2. The number of para-hydroxylation sites is 1. The third-order valence-corrected chi connectivity index (χ3v) is 4.39. The topological polar surface area (TPSA) is 71.3 Å². The fraction of sp³-hybridized carbons (Fsp3) is 0.526. The first kappa shape index (κ1) is 17.6. The van der Waals surface area contributed by atoms with E-state index in [-0.39, 0.29) is 17.2 Å². The van der Waals surface area contributed by atoms with Crippen molar-refractivity contribution in [3.63, 3.8) is 0 Å². The maximum absolute atomic E-state index is 12.5. The summed E-state index contributed by atoms with van der Waals surface area (Å²) in [5.41, 5.74) is 0.697. The fourth-order valence-electron chi connectivity index (χ4n) is 3.00. The second-order valence-corrected chi connectivity index (χ2v) is 7.70. The SMILES string of the molecule is CC(C)(C)c1nc(CN2CCCC(C(=O)Nc3ccccc3)C2)no1. The molecule has 1 aromatic carbocycles. The van der Waals surface area contributed by atoms with E-state index in [9.17, 15) is 4.79 Å². The minimum absolute atomic E-state index is 0.0112. The van der Waals surface area contributed by atoms with Gasteiger partial charge in [-0.2, -0.15) is 4.98 Å². The summed E-state index contributed by atoms with van der Waals surface area (Å²) >= 11 is 0. The van der Waals surface area contributed by atoms with Gasteiger partial charge in [0.2, 0.25) is 11.8 Å². The van der Waals surface area contributed by atoms with Gasteiger partial charge < -0.3 is 9.84 Å². The summed E-state index contributed by atoms with van der Waals surface area (Å²) in [6, 6.07) is 9.60. The van der Waals surface area contributed by atoms with Crippen LogP contribution in [0.15, 0.2) is 34.9 Å². The Morgan fingerprint density at radius 2 is 2.08 bits per heavy atom. The maximum Gasteiger partial charge on any atom is 0.232 e. The van der Waals surface area contributed by atoms with Crippen LogP contribution >= 0.6 is 0 Å². The van der Waals surface area contributed by atoms with E-state index in [0.29, 0.717) is 18.3 Å². The Hall–Kier alpha value is -2.21. The zero-order valence-corrected chi connectivity index (χ0v) is 15.2. The number of aromatic nitrogens is 2. The van der Waals surface area contributed by atoms with Crippen LogP contribution in [0.2, 0.25) is 0 Å². The summed E-state index contributed by atoms with van der Waals surface area (Å²) < 4.78 is 5.36. The van der Waals surface area contributed by atoms with Crippen LogP contribution in [0.4, 0.5) is 5.69 Å². The van der Waals surface area contributed by atoms with Gasteiger partial charge in [-0.15, -0.1) is 0 Å². The van der Waals surface area contributed by atoms with Crippen LogP contribution in [0.3, 0.4) is 0 Å². The normalized spacial score (nSPS) is 18.9. The molecule has 1 atom stereocenters. The van der Waals surface area contributed by atoms with E-state index in [4.69, 9.17) is 4.52 Å². The Morgan fingerprint density at radius 1 is 1.32 bits per heavy atom. The van der Waals surface area contributed by atoms with Gasteiger partial charge >= 0.3 is 0 Å². The first-order valence-electron chi connectivity index (χ1n) is 8.83. The Kier molecular flexibility index (Phi) is 5.18. The molecule has 1 aliphatic rings. The van der Waals surface area contributed by atoms with Crippen molar-refractivity contribution in [3.8, 4) is 0 Å². The van der Waals surface area contributed by atoms with Crippen molar-refractivity contribution in [1.82, 2.24) is 15.0 Å². The molecule has 1 aliphatic heterocycles. The van der Waals surface area contributed by atoms with Gasteiger partial charge in [0.15, 0.2) is 5.82 Å². The van der Waals surface area contributed by atoms with Crippen LogP contribution < -0.4 is 5.32 Å². The molecule has 0 saturated carbocycles. The van der Waals surface area contributed by atoms with Crippen molar-refractivity contribution in [2.75, 3.05) is 18.4 Å². The number of rotatable bonds is 4. The number of carbonyl (C=O) groups is 1. The van der Waals surface area contributed by atoms with Crippen LogP contribution in [-0.4, -0.2) is 34.0 Å². The van der Waals surface area contributed by atoms with Crippen LogP contribution in [-0.2, 0) is 16.8 Å². The van der Waals surface area contributed by atoms with E-state index in [1.54, 1.807) is 0 Å². The van der Waals surface area contributed by atoms with Gasteiger partial charge in [0.05, 0.1) is 12.5 Å². The van der Waals surface area contributed by atoms with E-state index in [1.807, 2.05) is 30.3 Å². The molecule has 134 valence electrons. The standard InChI is InChI=1S/C19H26N4O2/c1-19(2,3)18-21-16(22-25-18)13-23-11-7-8-14(12-23)17(24)20-15-9-5-4-6-10-15/h4-6,9-10,14H,7-8,11-13H2,1-3H3,(H,20,24). The lowest BCUT2D eigenvalue weighted by Gasteiger charge is -2.31. The maximum atomic E-state index is 12.5. The van der Waals surface area contributed by atoms with Crippen molar-refractivity contribution in [3.05, 3.63) is 42.0 Å². The molecule has 0 spiro atoms. The number of nitrogens with one attached hydrogen (secondary N) is 1. The van der Waals surface area contributed by atoms with E-state index in [2.05, 4.69) is 41.1 Å². The lowest BCUT2D eigenvalue weighted by molar-refractivity contribution is -0.121. The van der Waals surface area contributed by atoms with Gasteiger partial charge in [0, 0.05) is 17.6 Å². The van der Waals surface area contributed by atoms with E-state index < -0.39 is 0 Å². The fourth-order valence-corrected chi connectivity index (χ4v) is 3.00. The molecule has 2 heterocycles. The molecule has 1 amide bonds. The molecule has 1 fully saturated rings. The average Bonchev–Trinajstić information content (AvgIpc) is 3.05. The molecule has 2 aromatic rings. The third kappa shape index (κ3) is 4.66. The molecule has 0 radical (unpaired) electrons. The molecule has 0 bridgehead atoms. The lowest BCUT2D eigenvalue weighted by Crippen LogP contribution is -2.40. The Morgan fingerprint density at radius 3 is 2.76 bits per heavy atom. The van der Waals surface area contributed by atoms with Crippen LogP contribution in [0.25, 0.3) is 0 Å². The van der Waals surface area contributed by atoms with Gasteiger partial charge in [0.1, 0.15) is 0 Å². The second-order valence-electron chi connectivity index (χ2n) is 7.70. The summed E-state index contributed by atoms with van der Waals surface area (Å²) in [5, 5.41) is 7.09. The summed E-state index contributed by atoms with van der Waals surface area (Å²) in [5.74, 6) is 1.41. The smallest absolute Gasteiger partial charge is 0.232 e. The van der Waals surface area contributed by atoms with Crippen molar-refractivity contribution in [1.29, 1.82) is 0 Å². The number of anilines is 1. The molecular weight excluding hydrogens is 316 g/mol. The Bertz CT molecular complexity index is 706. The Balaban J connectivity index is 1.57. The van der Waals surface area contributed by atoms with Crippen molar-refractivity contribution in [2.45, 2.75) is 45.6 Å². The third-order valence-electron chi connectivity index (χ3n) is 4.39. The Labute approximate surface area is 148 Å². The first-order valence-corrected chi connectivity index (χ1v) is 8.83.